The molecule has 0 spiro atoms. The Bertz CT molecular complexity index is 942. The molecule has 0 radical (unpaired) electrons. The predicted octanol–water partition coefficient (Wildman–Crippen LogP) is 3.86. The van der Waals surface area contributed by atoms with Gasteiger partial charge < -0.3 is 15.2 Å². The number of ether oxygens (including phenoxy) is 1. The van der Waals surface area contributed by atoms with Gasteiger partial charge in [-0.3, -0.25) is 4.79 Å². The summed E-state index contributed by atoms with van der Waals surface area (Å²) in [4.78, 5) is 18.4. The van der Waals surface area contributed by atoms with E-state index in [1.807, 2.05) is 47.8 Å². The summed E-state index contributed by atoms with van der Waals surface area (Å²) in [6.07, 6.45) is 1.50. The van der Waals surface area contributed by atoms with Gasteiger partial charge >= 0.3 is 0 Å². The molecule has 4 rings (SSSR count). The maximum Gasteiger partial charge on any atom is 0.252 e. The molecule has 1 fully saturated rings. The number of benzene rings is 1. The Morgan fingerprint density at radius 3 is 2.96 bits per heavy atom. The number of carbonyl (C=O) groups excluding carboxylic acids is 1. The lowest BCUT2D eigenvalue weighted by atomic mass is 10.1. The summed E-state index contributed by atoms with van der Waals surface area (Å²) >= 11 is 3.08. The number of hydrogen-bond acceptors (Lipinski definition) is 6. The van der Waals surface area contributed by atoms with Gasteiger partial charge in [0.15, 0.2) is 0 Å². The molecular formula is C21H22N2O3S2. The second-order valence-corrected chi connectivity index (χ2v) is 8.90. The van der Waals surface area contributed by atoms with Gasteiger partial charge in [-0.2, -0.15) is 0 Å². The van der Waals surface area contributed by atoms with Crippen LogP contribution in [0.2, 0.25) is 0 Å². The van der Waals surface area contributed by atoms with E-state index in [4.69, 9.17) is 4.74 Å². The lowest BCUT2D eigenvalue weighted by molar-refractivity contribution is 0.0409. The van der Waals surface area contributed by atoms with Crippen molar-refractivity contribution in [2.75, 3.05) is 12.4 Å². The number of hydrogen-bond donors (Lipinski definition) is 2. The van der Waals surface area contributed by atoms with Crippen molar-refractivity contribution in [2.24, 2.45) is 0 Å². The van der Waals surface area contributed by atoms with E-state index < -0.39 is 6.10 Å². The van der Waals surface area contributed by atoms with Crippen LogP contribution in [0.15, 0.2) is 52.9 Å². The maximum atomic E-state index is 12.6. The van der Waals surface area contributed by atoms with Crippen molar-refractivity contribution in [3.63, 3.8) is 0 Å². The quantitative estimate of drug-likeness (QED) is 0.520. The number of carbonyl (C=O) groups is 1. The summed E-state index contributed by atoms with van der Waals surface area (Å²) in [5.41, 5.74) is 1.43. The van der Waals surface area contributed by atoms with Crippen LogP contribution in [0.1, 0.15) is 28.1 Å². The number of pyridine rings is 1. The van der Waals surface area contributed by atoms with Crippen molar-refractivity contribution in [1.29, 1.82) is 0 Å². The molecule has 0 saturated heterocycles. The van der Waals surface area contributed by atoms with Crippen LogP contribution < -0.4 is 5.32 Å². The Labute approximate surface area is 172 Å². The topological polar surface area (TPSA) is 71.5 Å². The number of nitrogens with one attached hydrogen (secondary N) is 1. The number of amides is 1. The lowest BCUT2D eigenvalue weighted by Crippen LogP contribution is -2.25. The molecule has 28 heavy (non-hydrogen) atoms. The standard InChI is InChI=1S/C21H22N2O3S2/c24-15(11-26-12-16-4-3-9-27-16)13-28-20-10-18(21(25)22-14-7-8-14)17-5-1-2-6-19(17)23-20/h1-6,9-10,14-15,24H,7-8,11-13H2,(H,22,25). The van der Waals surface area contributed by atoms with Gasteiger partial charge in [0.1, 0.15) is 0 Å². The highest BCUT2D eigenvalue weighted by molar-refractivity contribution is 7.99. The van der Waals surface area contributed by atoms with E-state index >= 15 is 0 Å². The number of fused-ring (bicyclic) bond motifs is 1. The minimum absolute atomic E-state index is 0.0530. The molecule has 1 aromatic carbocycles. The van der Waals surface area contributed by atoms with Crippen LogP contribution in [0.3, 0.4) is 0 Å². The number of aliphatic hydroxyl groups excluding tert-OH is 1. The second-order valence-electron chi connectivity index (χ2n) is 6.83. The molecule has 2 N–H and O–H groups in total. The number of aliphatic hydroxyl groups is 1. The number of aromatic nitrogens is 1. The van der Waals surface area contributed by atoms with E-state index in [1.165, 1.54) is 11.8 Å². The number of thioether (sulfide) groups is 1. The normalized spacial score (nSPS) is 14.9. The third kappa shape index (κ3) is 5.11. The number of rotatable bonds is 9. The van der Waals surface area contributed by atoms with Crippen molar-refractivity contribution in [2.45, 2.75) is 36.6 Å². The van der Waals surface area contributed by atoms with Crippen molar-refractivity contribution in [3.8, 4) is 0 Å². The first-order valence-corrected chi connectivity index (χ1v) is 11.2. The van der Waals surface area contributed by atoms with Gasteiger partial charge in [0.2, 0.25) is 0 Å². The zero-order chi connectivity index (χ0) is 19.3. The molecule has 1 amide bonds. The monoisotopic (exact) mass is 414 g/mol. The Kier molecular flexibility index (Phi) is 6.26. The highest BCUT2D eigenvalue weighted by Crippen LogP contribution is 2.26. The van der Waals surface area contributed by atoms with Gasteiger partial charge in [0.05, 0.1) is 35.4 Å². The zero-order valence-electron chi connectivity index (χ0n) is 15.3. The lowest BCUT2D eigenvalue weighted by Gasteiger charge is -2.12. The molecule has 0 bridgehead atoms. The van der Waals surface area contributed by atoms with Crippen LogP contribution in [-0.2, 0) is 11.3 Å². The van der Waals surface area contributed by atoms with Gasteiger partial charge in [-0.05, 0) is 36.4 Å². The third-order valence-electron chi connectivity index (χ3n) is 4.41. The van der Waals surface area contributed by atoms with Gasteiger partial charge in [-0.1, -0.05) is 24.3 Å². The van der Waals surface area contributed by atoms with Gasteiger partial charge in [0, 0.05) is 22.1 Å². The first-order valence-electron chi connectivity index (χ1n) is 9.30. The molecule has 7 heteroatoms. The minimum atomic E-state index is -0.595. The fraction of sp³-hybridized carbons (Fsp3) is 0.333. The van der Waals surface area contributed by atoms with E-state index in [1.54, 1.807) is 11.3 Å². The highest BCUT2D eigenvalue weighted by Gasteiger charge is 2.25. The summed E-state index contributed by atoms with van der Waals surface area (Å²) < 4.78 is 5.57. The molecule has 5 nitrogen and oxygen atoms in total. The van der Waals surface area contributed by atoms with E-state index in [-0.39, 0.29) is 12.5 Å². The first-order chi connectivity index (χ1) is 13.7. The smallest absolute Gasteiger partial charge is 0.252 e. The SMILES string of the molecule is O=C(NC1CC1)c1cc(SCC(O)COCc2cccs2)nc2ccccc12. The molecule has 146 valence electrons. The van der Waals surface area contributed by atoms with Crippen LogP contribution in [-0.4, -0.2) is 40.5 Å². The van der Waals surface area contributed by atoms with Crippen molar-refractivity contribution >= 4 is 39.9 Å². The molecule has 1 atom stereocenters. The van der Waals surface area contributed by atoms with E-state index in [0.29, 0.717) is 24.0 Å². The summed E-state index contributed by atoms with van der Waals surface area (Å²) in [6, 6.07) is 13.8. The molecule has 1 aliphatic rings. The summed E-state index contributed by atoms with van der Waals surface area (Å²) in [6.45, 7) is 0.784. The summed E-state index contributed by atoms with van der Waals surface area (Å²) in [5.74, 6) is 0.405. The molecule has 3 aromatic rings. The predicted molar refractivity (Wildman–Crippen MR) is 113 cm³/mol. The fourth-order valence-corrected chi connectivity index (χ4v) is 4.29. The van der Waals surface area contributed by atoms with Crippen LogP contribution in [0.25, 0.3) is 10.9 Å². The van der Waals surface area contributed by atoms with Crippen LogP contribution in [0, 0.1) is 0 Å². The van der Waals surface area contributed by atoms with Gasteiger partial charge in [0.25, 0.3) is 5.91 Å². The first kappa shape index (κ1) is 19.4. The number of thiophene rings is 1. The Morgan fingerprint density at radius 2 is 2.18 bits per heavy atom. The van der Waals surface area contributed by atoms with Crippen LogP contribution in [0.5, 0.6) is 0 Å². The molecule has 1 unspecified atom stereocenters. The fourth-order valence-electron chi connectivity index (χ4n) is 2.82. The van der Waals surface area contributed by atoms with Crippen molar-refractivity contribution in [3.05, 3.63) is 58.3 Å². The summed E-state index contributed by atoms with van der Waals surface area (Å²) in [5, 5.41) is 16.9. The molecular weight excluding hydrogens is 392 g/mol. The van der Waals surface area contributed by atoms with E-state index in [9.17, 15) is 9.90 Å². The Morgan fingerprint density at radius 1 is 1.32 bits per heavy atom. The molecule has 0 aliphatic heterocycles. The van der Waals surface area contributed by atoms with Crippen molar-refractivity contribution < 1.29 is 14.6 Å². The largest absolute Gasteiger partial charge is 0.390 e. The molecule has 1 aliphatic carbocycles. The number of nitrogens with zero attached hydrogens (tertiary/aromatic N) is 1. The third-order valence-corrected chi connectivity index (χ3v) is 6.31. The Balaban J connectivity index is 1.39. The summed E-state index contributed by atoms with van der Waals surface area (Å²) in [7, 11) is 0. The average Bonchev–Trinajstić information content (AvgIpc) is 3.36. The van der Waals surface area contributed by atoms with Crippen LogP contribution in [0.4, 0.5) is 0 Å². The molecule has 2 heterocycles. The van der Waals surface area contributed by atoms with E-state index in [2.05, 4.69) is 10.3 Å². The van der Waals surface area contributed by atoms with Gasteiger partial charge in [-0.15, -0.1) is 23.1 Å². The average molecular weight is 415 g/mol. The van der Waals surface area contributed by atoms with Crippen molar-refractivity contribution in [1.82, 2.24) is 10.3 Å². The van der Waals surface area contributed by atoms with E-state index in [0.717, 1.165) is 33.6 Å². The Hall–Kier alpha value is -1.93. The number of para-hydroxylation sites is 1. The zero-order valence-corrected chi connectivity index (χ0v) is 17.0. The molecule has 1 saturated carbocycles. The second kappa shape index (κ2) is 9.05. The minimum Gasteiger partial charge on any atom is -0.390 e. The maximum absolute atomic E-state index is 12.6. The molecule has 2 aromatic heterocycles. The van der Waals surface area contributed by atoms with Gasteiger partial charge in [-0.25, -0.2) is 4.98 Å². The van der Waals surface area contributed by atoms with Crippen LogP contribution >= 0.6 is 23.1 Å². The highest BCUT2D eigenvalue weighted by atomic mass is 32.2.